The van der Waals surface area contributed by atoms with E-state index in [-0.39, 0.29) is 17.6 Å². The topological polar surface area (TPSA) is 49.8 Å². The highest BCUT2D eigenvalue weighted by atomic mass is 16.5. The lowest BCUT2D eigenvalue weighted by Gasteiger charge is -2.44. The van der Waals surface area contributed by atoms with Crippen molar-refractivity contribution >= 4 is 5.91 Å². The molecule has 1 N–H and O–H groups in total. The molecule has 1 atom stereocenters. The number of aliphatic hydroxyl groups excluding tert-OH is 1. The minimum absolute atomic E-state index is 0.204. The average molecular weight is 269 g/mol. The van der Waals surface area contributed by atoms with Gasteiger partial charge in [0.1, 0.15) is 0 Å². The van der Waals surface area contributed by atoms with Crippen molar-refractivity contribution < 1.29 is 14.6 Å². The Kier molecular flexibility index (Phi) is 4.85. The smallest absolute Gasteiger partial charge is 0.223 e. The first-order chi connectivity index (χ1) is 8.99. The lowest BCUT2D eigenvalue weighted by atomic mass is 9.87. The highest BCUT2D eigenvalue weighted by molar-refractivity contribution is 5.77. The number of aliphatic hydroxyl groups is 1. The van der Waals surface area contributed by atoms with E-state index in [9.17, 15) is 9.90 Å². The second kappa shape index (κ2) is 6.23. The summed E-state index contributed by atoms with van der Waals surface area (Å²) in [6.07, 6.45) is 4.96. The van der Waals surface area contributed by atoms with Crippen LogP contribution in [0, 0.1) is 5.92 Å². The van der Waals surface area contributed by atoms with Gasteiger partial charge < -0.3 is 14.7 Å². The van der Waals surface area contributed by atoms with Crippen molar-refractivity contribution in [2.24, 2.45) is 5.92 Å². The first-order valence-electron chi connectivity index (χ1n) is 7.55. The van der Waals surface area contributed by atoms with E-state index >= 15 is 0 Å². The molecule has 2 saturated heterocycles. The molecule has 2 aliphatic heterocycles. The predicted octanol–water partition coefficient (Wildman–Crippen LogP) is 1.96. The molecule has 1 amide bonds. The first-order valence-corrected chi connectivity index (χ1v) is 7.55. The normalized spacial score (nSPS) is 28.4. The van der Waals surface area contributed by atoms with Crippen LogP contribution in [0.5, 0.6) is 0 Å². The standard InChI is InChI=1S/C15H27NO3/c1-15(2)11-13(17)5-8-16(15)14(18)4-3-12-6-9-19-10-7-12/h12-13,17H,3-11H2,1-2H3. The summed E-state index contributed by atoms with van der Waals surface area (Å²) in [6, 6.07) is 0. The van der Waals surface area contributed by atoms with Gasteiger partial charge in [0.15, 0.2) is 0 Å². The van der Waals surface area contributed by atoms with Crippen LogP contribution in [0.1, 0.15) is 52.4 Å². The molecule has 0 aromatic carbocycles. The van der Waals surface area contributed by atoms with Crippen molar-refractivity contribution in [1.82, 2.24) is 4.90 Å². The molecule has 19 heavy (non-hydrogen) atoms. The van der Waals surface area contributed by atoms with Crippen LogP contribution in [0.2, 0.25) is 0 Å². The maximum atomic E-state index is 12.4. The number of rotatable bonds is 3. The van der Waals surface area contributed by atoms with E-state index < -0.39 is 0 Å². The van der Waals surface area contributed by atoms with Gasteiger partial charge in [0.05, 0.1) is 6.10 Å². The Morgan fingerprint density at radius 1 is 1.32 bits per heavy atom. The molecule has 2 rings (SSSR count). The molecule has 0 aliphatic carbocycles. The SMILES string of the molecule is CC1(C)CC(O)CCN1C(=O)CCC1CCOCC1. The summed E-state index contributed by atoms with van der Waals surface area (Å²) >= 11 is 0. The van der Waals surface area contributed by atoms with E-state index in [2.05, 4.69) is 13.8 Å². The van der Waals surface area contributed by atoms with Gasteiger partial charge in [-0.1, -0.05) is 0 Å². The largest absolute Gasteiger partial charge is 0.393 e. The second-order valence-corrected chi connectivity index (χ2v) is 6.60. The van der Waals surface area contributed by atoms with E-state index in [0.29, 0.717) is 31.7 Å². The van der Waals surface area contributed by atoms with E-state index in [1.807, 2.05) is 4.90 Å². The first kappa shape index (κ1) is 14.8. The second-order valence-electron chi connectivity index (χ2n) is 6.60. The summed E-state index contributed by atoms with van der Waals surface area (Å²) in [7, 11) is 0. The number of hydrogen-bond donors (Lipinski definition) is 1. The molecule has 2 fully saturated rings. The number of nitrogens with zero attached hydrogens (tertiary/aromatic N) is 1. The Balaban J connectivity index is 1.81. The Bertz CT molecular complexity index is 311. The van der Waals surface area contributed by atoms with Gasteiger partial charge in [-0.05, 0) is 51.9 Å². The van der Waals surface area contributed by atoms with Crippen molar-refractivity contribution in [3.63, 3.8) is 0 Å². The molecule has 1 unspecified atom stereocenters. The fourth-order valence-corrected chi connectivity index (χ4v) is 3.33. The Labute approximate surface area is 116 Å². The van der Waals surface area contributed by atoms with Gasteiger partial charge in [-0.25, -0.2) is 0 Å². The minimum atomic E-state index is -0.255. The van der Waals surface area contributed by atoms with Crippen LogP contribution >= 0.6 is 0 Å². The fraction of sp³-hybridized carbons (Fsp3) is 0.933. The third-order valence-corrected chi connectivity index (χ3v) is 4.56. The molecule has 4 heteroatoms. The van der Waals surface area contributed by atoms with Gasteiger partial charge >= 0.3 is 0 Å². The van der Waals surface area contributed by atoms with Gasteiger partial charge in [0.25, 0.3) is 0 Å². The summed E-state index contributed by atoms with van der Waals surface area (Å²) in [4.78, 5) is 14.3. The third-order valence-electron chi connectivity index (χ3n) is 4.56. The lowest BCUT2D eigenvalue weighted by molar-refractivity contribution is -0.141. The van der Waals surface area contributed by atoms with Crippen molar-refractivity contribution in [2.45, 2.75) is 64.0 Å². The molecule has 0 aromatic heterocycles. The van der Waals surface area contributed by atoms with Crippen LogP contribution < -0.4 is 0 Å². The van der Waals surface area contributed by atoms with E-state index in [0.717, 1.165) is 32.5 Å². The van der Waals surface area contributed by atoms with Crippen LogP contribution in [-0.4, -0.2) is 47.3 Å². The minimum Gasteiger partial charge on any atom is -0.393 e. The zero-order valence-electron chi connectivity index (χ0n) is 12.2. The molecule has 0 radical (unpaired) electrons. The summed E-state index contributed by atoms with van der Waals surface area (Å²) in [6.45, 7) is 6.50. The summed E-state index contributed by atoms with van der Waals surface area (Å²) < 4.78 is 5.34. The van der Waals surface area contributed by atoms with Gasteiger partial charge in [0, 0.05) is 31.7 Å². The molecule has 2 aliphatic rings. The molecular weight excluding hydrogens is 242 g/mol. The van der Waals surface area contributed by atoms with Crippen LogP contribution in [-0.2, 0) is 9.53 Å². The number of hydrogen-bond acceptors (Lipinski definition) is 3. The summed E-state index contributed by atoms with van der Waals surface area (Å²) in [5.74, 6) is 0.902. The number of piperidine rings is 1. The molecule has 4 nitrogen and oxygen atoms in total. The highest BCUT2D eigenvalue weighted by Crippen LogP contribution is 2.29. The van der Waals surface area contributed by atoms with Crippen molar-refractivity contribution in [3.8, 4) is 0 Å². The fourth-order valence-electron chi connectivity index (χ4n) is 3.33. The van der Waals surface area contributed by atoms with Gasteiger partial charge in [-0.15, -0.1) is 0 Å². The van der Waals surface area contributed by atoms with Gasteiger partial charge in [-0.2, -0.15) is 0 Å². The maximum absolute atomic E-state index is 12.4. The van der Waals surface area contributed by atoms with Crippen LogP contribution in [0.3, 0.4) is 0 Å². The number of amides is 1. The van der Waals surface area contributed by atoms with Gasteiger partial charge in [-0.3, -0.25) is 4.79 Å². The quantitative estimate of drug-likeness (QED) is 0.852. The van der Waals surface area contributed by atoms with E-state index in [1.54, 1.807) is 0 Å². The predicted molar refractivity (Wildman–Crippen MR) is 73.8 cm³/mol. The van der Waals surface area contributed by atoms with Crippen molar-refractivity contribution in [3.05, 3.63) is 0 Å². The molecule has 2 heterocycles. The Morgan fingerprint density at radius 3 is 2.63 bits per heavy atom. The molecular formula is C15H27NO3. The number of likely N-dealkylation sites (tertiary alicyclic amines) is 1. The number of carbonyl (C=O) groups is 1. The van der Waals surface area contributed by atoms with Crippen LogP contribution in [0.4, 0.5) is 0 Å². The maximum Gasteiger partial charge on any atom is 0.223 e. The van der Waals surface area contributed by atoms with E-state index in [4.69, 9.17) is 4.74 Å². The number of ether oxygens (including phenoxy) is 1. The molecule has 0 saturated carbocycles. The molecule has 0 aromatic rings. The Hall–Kier alpha value is -0.610. The summed E-state index contributed by atoms with van der Waals surface area (Å²) in [5, 5.41) is 9.73. The summed E-state index contributed by atoms with van der Waals surface area (Å²) in [5.41, 5.74) is -0.204. The lowest BCUT2D eigenvalue weighted by Crippen LogP contribution is -2.54. The van der Waals surface area contributed by atoms with Crippen molar-refractivity contribution in [1.29, 1.82) is 0 Å². The highest BCUT2D eigenvalue weighted by Gasteiger charge is 2.36. The molecule has 110 valence electrons. The third kappa shape index (κ3) is 3.93. The zero-order valence-corrected chi connectivity index (χ0v) is 12.2. The number of carbonyl (C=O) groups excluding carboxylic acids is 1. The Morgan fingerprint density at radius 2 is 2.00 bits per heavy atom. The van der Waals surface area contributed by atoms with Crippen LogP contribution in [0.25, 0.3) is 0 Å². The van der Waals surface area contributed by atoms with Crippen LogP contribution in [0.15, 0.2) is 0 Å². The van der Waals surface area contributed by atoms with Gasteiger partial charge in [0.2, 0.25) is 5.91 Å². The molecule has 0 spiro atoms. The monoisotopic (exact) mass is 269 g/mol. The van der Waals surface area contributed by atoms with Crippen molar-refractivity contribution in [2.75, 3.05) is 19.8 Å². The average Bonchev–Trinajstić information content (AvgIpc) is 2.36. The zero-order chi connectivity index (χ0) is 13.9. The molecule has 0 bridgehead atoms. The van der Waals surface area contributed by atoms with E-state index in [1.165, 1.54) is 0 Å².